The second kappa shape index (κ2) is 32.8. The van der Waals surface area contributed by atoms with Crippen molar-refractivity contribution in [1.29, 1.82) is 0 Å². The maximum Gasteiger partial charge on any atom is 0.0540 e. The van der Waals surface area contributed by atoms with Gasteiger partial charge < -0.3 is 24.5 Å². The predicted octanol–water partition coefficient (Wildman–Crippen LogP) is 33.2. The minimum Gasteiger partial charge on any atom is -0.314 e. The zero-order chi connectivity index (χ0) is 86.2. The molecule has 0 radical (unpaired) electrons. The monoisotopic (exact) mass is 1650 g/mol. The number of benzene rings is 23. The Hall–Kier alpha value is -16.1. The minimum atomic E-state index is 1.04. The first-order valence-electron chi connectivity index (χ1n) is 45.2. The maximum absolute atomic E-state index is 2.47. The van der Waals surface area contributed by atoms with E-state index in [9.17, 15) is 0 Å². The maximum atomic E-state index is 2.47. The molecule has 0 atom stereocenters. The summed E-state index contributed by atoms with van der Waals surface area (Å²) in [6.07, 6.45) is 6.86. The summed E-state index contributed by atoms with van der Waals surface area (Å²) in [5.74, 6) is 0. The Morgan fingerprint density at radius 2 is 0.395 bits per heavy atom. The molecule has 23 aromatic rings. The highest BCUT2D eigenvalue weighted by Crippen LogP contribution is 2.53. The Labute approximate surface area is 752 Å². The number of hydrogen-bond donors (Lipinski definition) is 0. The number of anilines is 14. The molecule has 0 bridgehead atoms. The van der Waals surface area contributed by atoms with Crippen LogP contribution in [0.4, 0.5) is 79.6 Å². The highest BCUT2D eigenvalue weighted by atomic mass is 15.2. The van der Waals surface area contributed by atoms with E-state index in [1.165, 1.54) is 180 Å². The van der Waals surface area contributed by atoms with E-state index in [2.05, 4.69) is 495 Å². The molecule has 25 rings (SSSR count). The van der Waals surface area contributed by atoms with E-state index in [1.807, 2.05) is 0 Å². The number of rotatable bonds is 15. The van der Waals surface area contributed by atoms with Crippen LogP contribution in [-0.2, 0) is 12.8 Å². The van der Waals surface area contributed by atoms with Crippen molar-refractivity contribution in [2.24, 2.45) is 0 Å². The molecule has 0 fully saturated rings. The van der Waals surface area contributed by atoms with Gasteiger partial charge in [-0.05, 0) is 301 Å². The summed E-state index contributed by atoms with van der Waals surface area (Å²) in [6, 6.07) is 159. The number of nitrogens with zero attached hydrogens (tertiary/aromatic N) is 5. The van der Waals surface area contributed by atoms with E-state index in [1.54, 1.807) is 11.1 Å². The van der Waals surface area contributed by atoms with Gasteiger partial charge >= 0.3 is 0 Å². The average molecular weight is 1650 g/mol. The van der Waals surface area contributed by atoms with Crippen molar-refractivity contribution in [3.63, 3.8) is 0 Å². The van der Waals surface area contributed by atoms with Gasteiger partial charge in [-0.1, -0.05) is 320 Å². The van der Waals surface area contributed by atoms with Crippen LogP contribution in [0.5, 0.6) is 0 Å². The SMILES string of the molecule is C1=c2cccc3c2c(c2c4c(cccc43)=C(N(c3ccccc3)c3ccccc3)CC2)CC1.Cc1ccc(N(c2ccc(C)cc2)c2ccc3c4ccc(N(c5ccc(C)cc5)c5ccc(C)cc5)c5cccc(c6cccc2c63)c54)cc1.c1ccc(N(c2ccccc2)c2ccc3c4ccc(N(c5ccccc5)c5ccccc5)c5cccc(c6cccc2c63)c54)cc1. The van der Waals surface area contributed by atoms with E-state index in [4.69, 9.17) is 0 Å². The first kappa shape index (κ1) is 77.7. The van der Waals surface area contributed by atoms with E-state index in [0.29, 0.717) is 0 Å². The summed E-state index contributed by atoms with van der Waals surface area (Å²) in [5.41, 5.74) is 25.9. The van der Waals surface area contributed by atoms with E-state index >= 15 is 0 Å². The number of hydrogen-bond acceptors (Lipinski definition) is 5. The van der Waals surface area contributed by atoms with Crippen LogP contribution in [0, 0.1) is 27.7 Å². The predicted molar refractivity (Wildman–Crippen MR) is 553 cm³/mol. The second-order valence-electron chi connectivity index (χ2n) is 34.6. The molecule has 0 unspecified atom stereocenters. The van der Waals surface area contributed by atoms with Crippen molar-refractivity contribution >= 4 is 199 Å². The van der Waals surface area contributed by atoms with Crippen LogP contribution in [0.15, 0.2) is 437 Å². The van der Waals surface area contributed by atoms with E-state index in [0.717, 1.165) is 71.2 Å². The molecule has 0 aliphatic heterocycles. The van der Waals surface area contributed by atoms with Crippen LogP contribution in [0.1, 0.15) is 46.2 Å². The first-order valence-corrected chi connectivity index (χ1v) is 45.2. The summed E-state index contributed by atoms with van der Waals surface area (Å²) in [4.78, 5) is 12.0. The molecule has 0 heterocycles. The van der Waals surface area contributed by atoms with Gasteiger partial charge in [0, 0.05) is 89.3 Å². The van der Waals surface area contributed by atoms with Gasteiger partial charge in [0.05, 0.1) is 22.7 Å². The van der Waals surface area contributed by atoms with E-state index in [-0.39, 0.29) is 0 Å². The lowest BCUT2D eigenvalue weighted by Gasteiger charge is -2.32. The largest absolute Gasteiger partial charge is 0.314 e. The fourth-order valence-electron chi connectivity index (χ4n) is 21.0. The van der Waals surface area contributed by atoms with E-state index < -0.39 is 0 Å². The summed E-state index contributed by atoms with van der Waals surface area (Å²) in [7, 11) is 0. The number of para-hydroxylation sites is 6. The molecule has 2 aliphatic carbocycles. The third kappa shape index (κ3) is 13.6. The van der Waals surface area contributed by atoms with Crippen LogP contribution < -0.4 is 34.9 Å². The Morgan fingerprint density at radius 3 is 0.698 bits per heavy atom. The van der Waals surface area contributed by atoms with Crippen LogP contribution >= 0.6 is 0 Å². The van der Waals surface area contributed by atoms with Crippen molar-refractivity contribution in [2.45, 2.75) is 53.4 Å². The second-order valence-corrected chi connectivity index (χ2v) is 34.6. The molecular weight excluding hydrogens is 1560 g/mol. The Kier molecular flexibility index (Phi) is 19.8. The Balaban J connectivity index is 0.000000113. The highest BCUT2D eigenvalue weighted by Gasteiger charge is 2.29. The smallest absolute Gasteiger partial charge is 0.0540 e. The zero-order valence-corrected chi connectivity index (χ0v) is 72.7. The van der Waals surface area contributed by atoms with Gasteiger partial charge in [0.2, 0.25) is 0 Å². The normalized spacial score (nSPS) is 12.3. The van der Waals surface area contributed by atoms with Crippen molar-refractivity contribution < 1.29 is 0 Å². The van der Waals surface area contributed by atoms with Crippen LogP contribution in [0.25, 0.3) is 119 Å². The molecule has 0 aromatic heterocycles. The topological polar surface area (TPSA) is 16.2 Å². The number of fused-ring (bicyclic) bond motifs is 6. The fourth-order valence-corrected chi connectivity index (χ4v) is 21.0. The average Bonchev–Trinajstić information content (AvgIpc) is 0.708. The molecule has 5 nitrogen and oxygen atoms in total. The summed E-state index contributed by atoms with van der Waals surface area (Å²) in [5, 5.41) is 29.0. The molecule has 0 N–H and O–H groups in total. The van der Waals surface area contributed by atoms with Gasteiger partial charge in [-0.2, -0.15) is 0 Å². The molecule has 0 saturated carbocycles. The van der Waals surface area contributed by atoms with Crippen molar-refractivity contribution in [1.82, 2.24) is 0 Å². The first-order chi connectivity index (χ1) is 63.7. The van der Waals surface area contributed by atoms with Crippen molar-refractivity contribution in [3.8, 4) is 0 Å². The molecule has 614 valence electrons. The Morgan fingerprint density at radius 1 is 0.163 bits per heavy atom. The van der Waals surface area contributed by atoms with Gasteiger partial charge in [-0.3, -0.25) is 0 Å². The lowest BCUT2D eigenvalue weighted by atomic mass is 9.81. The van der Waals surface area contributed by atoms with Crippen molar-refractivity contribution in [2.75, 3.05) is 24.5 Å². The van der Waals surface area contributed by atoms with Gasteiger partial charge in [0.1, 0.15) is 0 Å². The molecular formula is C124H93N5. The number of aryl methyl sites for hydroxylation is 6. The molecule has 0 amide bonds. The third-order valence-electron chi connectivity index (χ3n) is 26.8. The lowest BCUT2D eigenvalue weighted by Crippen LogP contribution is -2.28. The van der Waals surface area contributed by atoms with Crippen LogP contribution in [0.2, 0.25) is 0 Å². The quantitative estimate of drug-likeness (QED) is 0.0749. The van der Waals surface area contributed by atoms with Crippen molar-refractivity contribution in [3.05, 3.63) is 481 Å². The van der Waals surface area contributed by atoms with Crippen LogP contribution in [0.3, 0.4) is 0 Å². The van der Waals surface area contributed by atoms with Gasteiger partial charge in [0.25, 0.3) is 0 Å². The minimum absolute atomic E-state index is 1.04. The zero-order valence-electron chi connectivity index (χ0n) is 72.7. The van der Waals surface area contributed by atoms with Crippen LogP contribution in [-0.4, -0.2) is 0 Å². The third-order valence-corrected chi connectivity index (χ3v) is 26.8. The summed E-state index contributed by atoms with van der Waals surface area (Å²) < 4.78 is 0. The summed E-state index contributed by atoms with van der Waals surface area (Å²) in [6.45, 7) is 8.58. The lowest BCUT2D eigenvalue weighted by molar-refractivity contribution is 0.930. The molecule has 0 spiro atoms. The van der Waals surface area contributed by atoms with Gasteiger partial charge in [0.15, 0.2) is 0 Å². The van der Waals surface area contributed by atoms with Gasteiger partial charge in [-0.15, -0.1) is 0 Å². The molecule has 2 aliphatic rings. The molecule has 129 heavy (non-hydrogen) atoms. The highest BCUT2D eigenvalue weighted by molar-refractivity contribution is 6.37. The summed E-state index contributed by atoms with van der Waals surface area (Å²) >= 11 is 0. The standard InChI is InChI=1S/C48H38N2.C44H30N2.C32H25N/c1-31-11-19-35(20-12-31)49(36-21-13-32(2)14-22-36)45-29-27-41-42-28-30-46(44-10-6-8-40(48(42)44)39-7-5-9-43(45)47(39)41)50(37-23-15-33(3)16-24-37)38-25-17-34(4)18-26-38;1-5-15-31(16-6-1)45(32-17-7-2-8-18-32)41-29-27-37-38-28-30-42(46(33-19-9-3-10-20-33)34-21-11-4-12-22-34)40-26-14-24-36(44(38)40)35-23-13-25-39(41)43(35)37;1-3-12-23(13-4-1)33(24-14-5-2-6-15-24)30-21-20-28-26-17-8-11-22-10-7-16-25(31(22)26)27-18-9-19-29(30)32(27)28/h5-30H,1-4H3;1-30H;1-7,9-16,18-19H,8,17,20-21H2. The fraction of sp³-hybridized carbons (Fsp3) is 0.0645. The molecule has 0 saturated heterocycles. The van der Waals surface area contributed by atoms with Gasteiger partial charge in [-0.25, -0.2) is 0 Å². The molecule has 5 heteroatoms. The molecule has 23 aromatic carbocycles. The Bertz CT molecular complexity index is 7680.